The number of nitrogens with one attached hydrogen (secondary N) is 2. The van der Waals surface area contributed by atoms with Crippen molar-refractivity contribution in [3.8, 4) is 5.75 Å². The number of aryl methyl sites for hydroxylation is 1. The molecule has 1 heterocycles. The number of anilines is 1. The van der Waals surface area contributed by atoms with E-state index in [1.807, 2.05) is 25.1 Å². The maximum absolute atomic E-state index is 12.5. The van der Waals surface area contributed by atoms with E-state index in [0.29, 0.717) is 13.2 Å². The molecule has 23 heavy (non-hydrogen) atoms. The number of amides is 1. The van der Waals surface area contributed by atoms with Crippen molar-refractivity contribution < 1.29 is 14.3 Å². The van der Waals surface area contributed by atoms with Crippen molar-refractivity contribution in [3.05, 3.63) is 23.8 Å². The Hall–Kier alpha value is -1.59. The van der Waals surface area contributed by atoms with E-state index in [-0.39, 0.29) is 17.2 Å². The Bertz CT molecular complexity index is 567. The van der Waals surface area contributed by atoms with E-state index in [9.17, 15) is 4.79 Å². The first kappa shape index (κ1) is 16.3. The summed E-state index contributed by atoms with van der Waals surface area (Å²) in [7, 11) is 1.65. The Morgan fingerprint density at radius 2 is 2.13 bits per heavy atom. The van der Waals surface area contributed by atoms with Crippen LogP contribution in [0.4, 0.5) is 5.69 Å². The monoisotopic (exact) mass is 318 g/mol. The van der Waals surface area contributed by atoms with E-state index in [0.717, 1.165) is 49.4 Å². The van der Waals surface area contributed by atoms with Crippen LogP contribution in [-0.4, -0.2) is 39.3 Å². The van der Waals surface area contributed by atoms with Gasteiger partial charge in [-0.3, -0.25) is 4.79 Å². The topological polar surface area (TPSA) is 59.6 Å². The molecule has 1 aliphatic carbocycles. The van der Waals surface area contributed by atoms with Gasteiger partial charge in [0.05, 0.1) is 6.61 Å². The fourth-order valence-corrected chi connectivity index (χ4v) is 3.52. The van der Waals surface area contributed by atoms with Crippen molar-refractivity contribution in [2.45, 2.75) is 26.2 Å². The van der Waals surface area contributed by atoms with Crippen LogP contribution in [0.3, 0.4) is 0 Å². The highest BCUT2D eigenvalue weighted by Crippen LogP contribution is 2.58. The van der Waals surface area contributed by atoms with E-state index in [1.54, 1.807) is 7.11 Å². The Kier molecular flexibility index (Phi) is 4.87. The summed E-state index contributed by atoms with van der Waals surface area (Å²) in [5.41, 5.74) is 2.17. The first-order valence-corrected chi connectivity index (χ1v) is 8.39. The molecule has 1 aromatic carbocycles. The molecule has 1 spiro atoms. The van der Waals surface area contributed by atoms with Crippen LogP contribution in [0.15, 0.2) is 18.2 Å². The molecule has 1 amide bonds. The van der Waals surface area contributed by atoms with Crippen LogP contribution in [0.1, 0.15) is 24.8 Å². The van der Waals surface area contributed by atoms with Crippen molar-refractivity contribution in [2.24, 2.45) is 11.3 Å². The second-order valence-corrected chi connectivity index (χ2v) is 6.68. The second kappa shape index (κ2) is 6.89. The fourth-order valence-electron chi connectivity index (χ4n) is 3.52. The van der Waals surface area contributed by atoms with E-state index in [4.69, 9.17) is 9.47 Å². The summed E-state index contributed by atoms with van der Waals surface area (Å²) in [6.45, 7) is 5.16. The maximum atomic E-state index is 12.5. The molecule has 3 rings (SSSR count). The van der Waals surface area contributed by atoms with Gasteiger partial charge in [0, 0.05) is 18.7 Å². The minimum atomic E-state index is 0.169. The number of piperidine rings is 1. The summed E-state index contributed by atoms with van der Waals surface area (Å²) >= 11 is 0. The Balaban J connectivity index is 1.56. The van der Waals surface area contributed by atoms with Crippen LogP contribution in [-0.2, 0) is 9.53 Å². The summed E-state index contributed by atoms with van der Waals surface area (Å²) in [6, 6.07) is 5.77. The number of carbonyl (C=O) groups is 1. The lowest BCUT2D eigenvalue weighted by molar-refractivity contribution is -0.118. The molecule has 0 radical (unpaired) electrons. The summed E-state index contributed by atoms with van der Waals surface area (Å²) < 4.78 is 10.6. The average molecular weight is 318 g/mol. The van der Waals surface area contributed by atoms with Gasteiger partial charge in [-0.15, -0.1) is 0 Å². The SMILES string of the molecule is COCCOc1ccc(NC(=O)C2CC23CCNCC3)c(C)c1. The molecule has 2 N–H and O–H groups in total. The normalized spacial score (nSPS) is 21.9. The zero-order valence-electron chi connectivity index (χ0n) is 14.0. The number of rotatable bonds is 6. The molecule has 5 nitrogen and oxygen atoms in total. The van der Waals surface area contributed by atoms with Crippen LogP contribution >= 0.6 is 0 Å². The van der Waals surface area contributed by atoms with Crippen molar-refractivity contribution in [1.82, 2.24) is 5.32 Å². The van der Waals surface area contributed by atoms with Crippen molar-refractivity contribution in [2.75, 3.05) is 38.7 Å². The lowest BCUT2D eigenvalue weighted by Crippen LogP contribution is -2.31. The van der Waals surface area contributed by atoms with Gasteiger partial charge in [-0.05, 0) is 68.5 Å². The van der Waals surface area contributed by atoms with E-state index in [2.05, 4.69) is 10.6 Å². The molecular formula is C18H26N2O3. The Morgan fingerprint density at radius 3 is 2.83 bits per heavy atom. The second-order valence-electron chi connectivity index (χ2n) is 6.68. The van der Waals surface area contributed by atoms with E-state index in [1.165, 1.54) is 0 Å². The standard InChI is InChI=1S/C18H26N2O3/c1-13-11-14(23-10-9-22-2)3-4-16(13)20-17(21)15-12-18(15)5-7-19-8-6-18/h3-4,11,15,19H,5-10,12H2,1-2H3,(H,20,21). The third-order valence-electron chi connectivity index (χ3n) is 5.12. The Labute approximate surface area is 137 Å². The lowest BCUT2D eigenvalue weighted by Gasteiger charge is -2.23. The van der Waals surface area contributed by atoms with Crippen LogP contribution in [0.5, 0.6) is 5.75 Å². The van der Waals surface area contributed by atoms with Gasteiger partial charge in [-0.25, -0.2) is 0 Å². The minimum Gasteiger partial charge on any atom is -0.491 e. The number of methoxy groups -OCH3 is 1. The zero-order chi connectivity index (χ0) is 16.3. The number of carbonyl (C=O) groups excluding carboxylic acids is 1. The van der Waals surface area contributed by atoms with Gasteiger partial charge in [0.1, 0.15) is 12.4 Å². The van der Waals surface area contributed by atoms with Crippen LogP contribution in [0.2, 0.25) is 0 Å². The largest absolute Gasteiger partial charge is 0.491 e. The third-order valence-corrected chi connectivity index (χ3v) is 5.12. The van der Waals surface area contributed by atoms with Gasteiger partial charge in [-0.1, -0.05) is 0 Å². The molecule has 0 aromatic heterocycles. The highest BCUT2D eigenvalue weighted by Gasteiger charge is 2.57. The zero-order valence-corrected chi connectivity index (χ0v) is 14.0. The predicted octanol–water partition coefficient (Wildman–Crippen LogP) is 2.35. The summed E-state index contributed by atoms with van der Waals surface area (Å²) in [5, 5.41) is 6.47. The van der Waals surface area contributed by atoms with Gasteiger partial charge in [0.2, 0.25) is 5.91 Å². The highest BCUT2D eigenvalue weighted by molar-refractivity contribution is 5.95. The third kappa shape index (κ3) is 3.67. The molecular weight excluding hydrogens is 292 g/mol. The summed E-state index contributed by atoms with van der Waals surface area (Å²) in [6.07, 6.45) is 3.28. The van der Waals surface area contributed by atoms with Gasteiger partial charge < -0.3 is 20.1 Å². The number of ether oxygens (including phenoxy) is 2. The minimum absolute atomic E-state index is 0.169. The van der Waals surface area contributed by atoms with Gasteiger partial charge in [0.25, 0.3) is 0 Å². The molecule has 126 valence electrons. The lowest BCUT2D eigenvalue weighted by atomic mass is 9.91. The summed E-state index contributed by atoms with van der Waals surface area (Å²) in [5.74, 6) is 1.16. The molecule has 0 bridgehead atoms. The van der Waals surface area contributed by atoms with Crippen molar-refractivity contribution >= 4 is 11.6 Å². The molecule has 1 unspecified atom stereocenters. The predicted molar refractivity (Wildman–Crippen MR) is 89.8 cm³/mol. The molecule has 1 aromatic rings. The molecule has 1 aliphatic heterocycles. The molecule has 2 aliphatic rings. The van der Waals surface area contributed by atoms with E-state index < -0.39 is 0 Å². The first-order valence-electron chi connectivity index (χ1n) is 8.39. The smallest absolute Gasteiger partial charge is 0.228 e. The number of hydrogen-bond donors (Lipinski definition) is 2. The van der Waals surface area contributed by atoms with Crippen LogP contribution in [0, 0.1) is 18.3 Å². The Morgan fingerprint density at radius 1 is 1.35 bits per heavy atom. The van der Waals surface area contributed by atoms with Crippen LogP contribution in [0.25, 0.3) is 0 Å². The van der Waals surface area contributed by atoms with Crippen molar-refractivity contribution in [3.63, 3.8) is 0 Å². The van der Waals surface area contributed by atoms with Gasteiger partial charge in [-0.2, -0.15) is 0 Å². The maximum Gasteiger partial charge on any atom is 0.228 e. The highest BCUT2D eigenvalue weighted by atomic mass is 16.5. The molecule has 1 saturated carbocycles. The van der Waals surface area contributed by atoms with E-state index >= 15 is 0 Å². The molecule has 1 atom stereocenters. The number of benzene rings is 1. The van der Waals surface area contributed by atoms with Crippen LogP contribution < -0.4 is 15.4 Å². The first-order chi connectivity index (χ1) is 11.1. The average Bonchev–Trinajstić information content (AvgIpc) is 3.24. The fraction of sp³-hybridized carbons (Fsp3) is 0.611. The quantitative estimate of drug-likeness (QED) is 0.791. The number of hydrogen-bond acceptors (Lipinski definition) is 4. The van der Waals surface area contributed by atoms with Crippen molar-refractivity contribution in [1.29, 1.82) is 0 Å². The summed E-state index contributed by atoms with van der Waals surface area (Å²) in [4.78, 5) is 12.5. The molecule has 2 fully saturated rings. The molecule has 1 saturated heterocycles. The molecule has 5 heteroatoms. The van der Waals surface area contributed by atoms with Gasteiger partial charge in [0.15, 0.2) is 0 Å². The van der Waals surface area contributed by atoms with Gasteiger partial charge >= 0.3 is 0 Å².